The predicted molar refractivity (Wildman–Crippen MR) is 96.7 cm³/mol. The van der Waals surface area contributed by atoms with E-state index < -0.39 is 0 Å². The van der Waals surface area contributed by atoms with Crippen molar-refractivity contribution in [1.29, 1.82) is 0 Å². The highest BCUT2D eigenvalue weighted by Crippen LogP contribution is 2.32. The van der Waals surface area contributed by atoms with Crippen LogP contribution in [-0.2, 0) is 0 Å². The molecular formula is C20H20N4. The summed E-state index contributed by atoms with van der Waals surface area (Å²) in [5.41, 5.74) is 9.02. The first-order chi connectivity index (χ1) is 11.5. The van der Waals surface area contributed by atoms with E-state index in [0.29, 0.717) is 5.69 Å². The number of rotatable bonds is 2. The van der Waals surface area contributed by atoms with Gasteiger partial charge in [0.2, 0.25) is 0 Å². The first-order valence-corrected chi connectivity index (χ1v) is 7.91. The Morgan fingerprint density at radius 2 is 1.54 bits per heavy atom. The second-order valence-electron chi connectivity index (χ2n) is 6.16. The van der Waals surface area contributed by atoms with Gasteiger partial charge in [0.15, 0.2) is 11.5 Å². The van der Waals surface area contributed by atoms with E-state index >= 15 is 0 Å². The average Bonchev–Trinajstić information content (AvgIpc) is 3.08. The maximum Gasteiger partial charge on any atom is 0.187 e. The zero-order valence-corrected chi connectivity index (χ0v) is 14.7. The van der Waals surface area contributed by atoms with Crippen LogP contribution in [0.25, 0.3) is 21.9 Å². The lowest BCUT2D eigenvalue weighted by molar-refractivity contribution is 1.00. The summed E-state index contributed by atoms with van der Waals surface area (Å²) in [4.78, 5) is 3.51. The van der Waals surface area contributed by atoms with Crippen molar-refractivity contribution in [2.24, 2.45) is 0 Å². The third-order valence-corrected chi connectivity index (χ3v) is 4.98. The van der Waals surface area contributed by atoms with Crippen molar-refractivity contribution in [2.75, 3.05) is 0 Å². The first-order valence-electron chi connectivity index (χ1n) is 7.91. The smallest absolute Gasteiger partial charge is 0.187 e. The Kier molecular flexibility index (Phi) is 3.94. The summed E-state index contributed by atoms with van der Waals surface area (Å²) in [5.74, 6) is 0.759. The quantitative estimate of drug-likeness (QED) is 0.622. The largest absolute Gasteiger partial charge is 0.281 e. The zero-order valence-electron chi connectivity index (χ0n) is 14.7. The van der Waals surface area contributed by atoms with E-state index in [1.54, 1.807) is 12.4 Å². The summed E-state index contributed by atoms with van der Waals surface area (Å²) in [6, 6.07) is 7.50. The molecule has 0 spiro atoms. The monoisotopic (exact) mass is 316 g/mol. The molecule has 3 rings (SSSR count). The molecule has 0 radical (unpaired) electrons. The van der Waals surface area contributed by atoms with E-state index in [1.807, 2.05) is 22.8 Å². The van der Waals surface area contributed by atoms with E-state index in [-0.39, 0.29) is 0 Å². The van der Waals surface area contributed by atoms with Gasteiger partial charge in [0, 0.05) is 5.56 Å². The van der Waals surface area contributed by atoms with E-state index in [2.05, 4.69) is 49.7 Å². The van der Waals surface area contributed by atoms with Crippen LogP contribution >= 0.6 is 0 Å². The van der Waals surface area contributed by atoms with Gasteiger partial charge in [0.05, 0.1) is 12.3 Å². The third-order valence-electron chi connectivity index (χ3n) is 4.98. The minimum absolute atomic E-state index is 0.603. The van der Waals surface area contributed by atoms with Crippen LogP contribution in [-0.4, -0.2) is 14.8 Å². The molecule has 0 atom stereocenters. The fraction of sp³-hybridized carbons (Fsp3) is 0.250. The number of hydrogen-bond donors (Lipinski definition) is 0. The topological polar surface area (TPSA) is 35.1 Å². The Bertz CT molecular complexity index is 945. The summed E-state index contributed by atoms with van der Waals surface area (Å²) in [7, 11) is 0. The second-order valence-corrected chi connectivity index (χ2v) is 6.16. The van der Waals surface area contributed by atoms with Crippen molar-refractivity contribution < 1.29 is 0 Å². The molecule has 1 aromatic heterocycles. The molecule has 0 aliphatic rings. The molecule has 2 aromatic carbocycles. The Balaban J connectivity index is 2.28. The Labute approximate surface area is 142 Å². The lowest BCUT2D eigenvalue weighted by Crippen LogP contribution is -2.06. The van der Waals surface area contributed by atoms with Crippen LogP contribution in [0.1, 0.15) is 27.8 Å². The van der Waals surface area contributed by atoms with Crippen molar-refractivity contribution in [3.63, 3.8) is 0 Å². The van der Waals surface area contributed by atoms with E-state index in [1.165, 1.54) is 27.8 Å². The van der Waals surface area contributed by atoms with Crippen LogP contribution in [0, 0.1) is 41.2 Å². The minimum Gasteiger partial charge on any atom is -0.281 e. The van der Waals surface area contributed by atoms with Gasteiger partial charge in [-0.1, -0.05) is 18.2 Å². The number of nitrogens with zero attached hydrogens (tertiary/aromatic N) is 4. The standard InChI is InChI=1S/C20H20N4/c1-12-13(2)15(4)19(16(5)14(12)3)24-11-22-23-20(24)17-8-7-9-18(10-17)21-6/h7-11H,1-5H3. The summed E-state index contributed by atoms with van der Waals surface area (Å²) in [6.45, 7) is 18.0. The maximum absolute atomic E-state index is 7.21. The van der Waals surface area contributed by atoms with Crippen molar-refractivity contribution in [1.82, 2.24) is 14.8 Å². The highest BCUT2D eigenvalue weighted by atomic mass is 15.3. The lowest BCUT2D eigenvalue weighted by atomic mass is 9.93. The second kappa shape index (κ2) is 5.93. The average molecular weight is 316 g/mol. The molecule has 0 fully saturated rings. The van der Waals surface area contributed by atoms with Crippen molar-refractivity contribution in [3.05, 3.63) is 69.8 Å². The van der Waals surface area contributed by atoms with Gasteiger partial charge in [-0.3, -0.25) is 4.57 Å². The summed E-state index contributed by atoms with van der Waals surface area (Å²) in [6.07, 6.45) is 1.75. The molecule has 0 unspecified atom stereocenters. The van der Waals surface area contributed by atoms with Crippen LogP contribution < -0.4 is 0 Å². The molecular weight excluding hydrogens is 296 g/mol. The molecule has 0 N–H and O–H groups in total. The molecule has 0 aliphatic heterocycles. The molecule has 1 heterocycles. The van der Waals surface area contributed by atoms with Crippen LogP contribution in [0.15, 0.2) is 30.6 Å². The van der Waals surface area contributed by atoms with Crippen LogP contribution in [0.5, 0.6) is 0 Å². The normalized spacial score (nSPS) is 10.7. The minimum atomic E-state index is 0.603. The number of hydrogen-bond acceptors (Lipinski definition) is 2. The molecule has 4 heteroatoms. The Morgan fingerprint density at radius 1 is 0.917 bits per heavy atom. The zero-order chi connectivity index (χ0) is 17.4. The molecule has 3 aromatic rings. The fourth-order valence-electron chi connectivity index (χ4n) is 3.15. The molecule has 0 aliphatic carbocycles. The molecule has 24 heavy (non-hydrogen) atoms. The van der Waals surface area contributed by atoms with Gasteiger partial charge < -0.3 is 0 Å². The van der Waals surface area contributed by atoms with Crippen molar-refractivity contribution in [3.8, 4) is 17.1 Å². The molecule has 4 nitrogen and oxygen atoms in total. The highest BCUT2D eigenvalue weighted by molar-refractivity contribution is 5.67. The Morgan fingerprint density at radius 3 is 2.17 bits per heavy atom. The van der Waals surface area contributed by atoms with Crippen LogP contribution in [0.2, 0.25) is 0 Å². The van der Waals surface area contributed by atoms with E-state index in [4.69, 9.17) is 6.57 Å². The predicted octanol–water partition coefficient (Wildman–Crippen LogP) is 5.03. The maximum atomic E-state index is 7.21. The first kappa shape index (κ1) is 15.9. The molecule has 0 saturated carbocycles. The van der Waals surface area contributed by atoms with Gasteiger partial charge in [-0.05, 0) is 68.5 Å². The fourth-order valence-corrected chi connectivity index (χ4v) is 3.15. The van der Waals surface area contributed by atoms with Gasteiger partial charge in [0.25, 0.3) is 0 Å². The van der Waals surface area contributed by atoms with Gasteiger partial charge in [-0.25, -0.2) is 4.85 Å². The highest BCUT2D eigenvalue weighted by Gasteiger charge is 2.17. The number of aromatic nitrogens is 3. The third kappa shape index (κ3) is 2.39. The Hall–Kier alpha value is -2.93. The molecule has 0 amide bonds. The SMILES string of the molecule is [C-]#[N+]c1cccc(-c2nncn2-c2c(C)c(C)c(C)c(C)c2C)c1. The summed E-state index contributed by atoms with van der Waals surface area (Å²) < 4.78 is 2.03. The van der Waals surface area contributed by atoms with Gasteiger partial charge >= 0.3 is 0 Å². The van der Waals surface area contributed by atoms with Crippen molar-refractivity contribution in [2.45, 2.75) is 34.6 Å². The van der Waals surface area contributed by atoms with Crippen LogP contribution in [0.3, 0.4) is 0 Å². The van der Waals surface area contributed by atoms with Crippen molar-refractivity contribution >= 4 is 5.69 Å². The molecule has 0 saturated heterocycles. The summed E-state index contributed by atoms with van der Waals surface area (Å²) in [5, 5.41) is 8.44. The lowest BCUT2D eigenvalue weighted by Gasteiger charge is -2.20. The van der Waals surface area contributed by atoms with Crippen LogP contribution in [0.4, 0.5) is 5.69 Å². The summed E-state index contributed by atoms with van der Waals surface area (Å²) >= 11 is 0. The van der Waals surface area contributed by atoms with E-state index in [9.17, 15) is 0 Å². The molecule has 0 bridgehead atoms. The van der Waals surface area contributed by atoms with E-state index in [0.717, 1.165) is 17.1 Å². The van der Waals surface area contributed by atoms with Gasteiger partial charge in [-0.15, -0.1) is 10.2 Å². The molecule has 120 valence electrons. The van der Waals surface area contributed by atoms with Gasteiger partial charge in [0.1, 0.15) is 6.33 Å². The van der Waals surface area contributed by atoms with Gasteiger partial charge in [-0.2, -0.15) is 0 Å². The number of benzene rings is 2.